The molecule has 0 spiro atoms. The molecule has 1 fully saturated rings. The van der Waals surface area contributed by atoms with E-state index >= 15 is 4.39 Å². The summed E-state index contributed by atoms with van der Waals surface area (Å²) in [5.74, 6) is 0.159. The molecule has 2 aromatic heterocycles. The number of likely N-dealkylation sites (tertiary alicyclic amines) is 1. The summed E-state index contributed by atoms with van der Waals surface area (Å²) < 4.78 is 20.8. The quantitative estimate of drug-likeness (QED) is 0.250. The smallest absolute Gasteiger partial charge is 0.303 e. The zero-order valence-electron chi connectivity index (χ0n) is 20.7. The van der Waals surface area contributed by atoms with E-state index in [1.165, 1.54) is 4.88 Å². The number of ether oxygens (including phenoxy) is 1. The monoisotopic (exact) mass is 532 g/mol. The van der Waals surface area contributed by atoms with E-state index in [1.807, 2.05) is 29.6 Å². The number of benzene rings is 1. The molecule has 1 aliphatic heterocycles. The number of hydrogen-bond acceptors (Lipinski definition) is 5. The third-order valence-corrected chi connectivity index (χ3v) is 8.79. The van der Waals surface area contributed by atoms with Gasteiger partial charge < -0.3 is 14.7 Å². The maximum atomic E-state index is 15.5. The van der Waals surface area contributed by atoms with E-state index < -0.39 is 12.1 Å². The molecule has 1 aromatic carbocycles. The highest BCUT2D eigenvalue weighted by molar-refractivity contribution is 7.10. The summed E-state index contributed by atoms with van der Waals surface area (Å²) in [5.41, 5.74) is 1.37. The largest absolute Gasteiger partial charge is 0.497 e. The Morgan fingerprint density at radius 2 is 2.17 bits per heavy atom. The Balaban J connectivity index is 1.32. The number of alkyl halides is 1. The Morgan fingerprint density at radius 1 is 1.31 bits per heavy atom. The molecule has 4 rings (SSSR count). The van der Waals surface area contributed by atoms with Gasteiger partial charge in [-0.25, -0.2) is 4.39 Å². The number of fused-ring (bicyclic) bond motifs is 1. The van der Waals surface area contributed by atoms with Crippen LogP contribution in [0.4, 0.5) is 4.39 Å². The van der Waals surface area contributed by atoms with Crippen LogP contribution in [-0.4, -0.2) is 47.7 Å². The molecule has 0 unspecified atom stereocenters. The Kier molecular flexibility index (Phi) is 9.57. The van der Waals surface area contributed by atoms with Crippen molar-refractivity contribution >= 4 is 39.8 Å². The lowest BCUT2D eigenvalue weighted by atomic mass is 9.79. The predicted octanol–water partition coefficient (Wildman–Crippen LogP) is 7.18. The summed E-state index contributed by atoms with van der Waals surface area (Å²) in [6, 6.07) is 9.19. The van der Waals surface area contributed by atoms with Crippen molar-refractivity contribution in [3.63, 3.8) is 0 Å². The van der Waals surface area contributed by atoms with Crippen molar-refractivity contribution in [1.29, 1.82) is 0 Å². The molecule has 36 heavy (non-hydrogen) atoms. The minimum absolute atomic E-state index is 0.0458. The van der Waals surface area contributed by atoms with Gasteiger partial charge in [-0.05, 0) is 105 Å². The fourth-order valence-electron chi connectivity index (χ4n) is 5.38. The molecule has 3 heterocycles. The van der Waals surface area contributed by atoms with Crippen LogP contribution in [-0.2, 0) is 11.2 Å². The lowest BCUT2D eigenvalue weighted by Crippen LogP contribution is -2.41. The zero-order chi connectivity index (χ0) is 25.5. The van der Waals surface area contributed by atoms with Crippen LogP contribution in [0.1, 0.15) is 55.1 Å². The number of rotatable bonds is 12. The third-order valence-electron chi connectivity index (χ3n) is 7.34. The number of pyridine rings is 1. The average Bonchev–Trinajstić information content (AvgIpc) is 3.29. The Hall–Kier alpha value is -2.22. The van der Waals surface area contributed by atoms with Crippen molar-refractivity contribution in [3.8, 4) is 5.75 Å². The second-order valence-electron chi connectivity index (χ2n) is 9.68. The van der Waals surface area contributed by atoms with Gasteiger partial charge in [-0.1, -0.05) is 11.6 Å². The summed E-state index contributed by atoms with van der Waals surface area (Å²) in [7, 11) is 1.60. The molecule has 1 saturated heterocycles. The number of aryl methyl sites for hydroxylation is 1. The van der Waals surface area contributed by atoms with Gasteiger partial charge >= 0.3 is 5.97 Å². The summed E-state index contributed by atoms with van der Waals surface area (Å²) in [6.07, 6.45) is 5.73. The van der Waals surface area contributed by atoms with Crippen molar-refractivity contribution in [2.75, 3.05) is 26.7 Å². The molecule has 0 amide bonds. The molecule has 1 N–H and O–H groups in total. The predicted molar refractivity (Wildman–Crippen MR) is 144 cm³/mol. The van der Waals surface area contributed by atoms with Gasteiger partial charge in [-0.2, -0.15) is 0 Å². The van der Waals surface area contributed by atoms with Crippen molar-refractivity contribution in [1.82, 2.24) is 9.88 Å². The van der Waals surface area contributed by atoms with Crippen LogP contribution < -0.4 is 4.74 Å². The maximum absolute atomic E-state index is 15.5. The molecule has 0 radical (unpaired) electrons. The molecule has 0 aliphatic carbocycles. The molecule has 0 saturated carbocycles. The van der Waals surface area contributed by atoms with Crippen LogP contribution >= 0.6 is 22.9 Å². The van der Waals surface area contributed by atoms with Crippen LogP contribution in [0.15, 0.2) is 41.9 Å². The highest BCUT2D eigenvalue weighted by Gasteiger charge is 2.31. The highest BCUT2D eigenvalue weighted by atomic mass is 35.5. The lowest BCUT2D eigenvalue weighted by molar-refractivity contribution is -0.139. The Bertz CT molecular complexity index is 1160. The summed E-state index contributed by atoms with van der Waals surface area (Å²) in [4.78, 5) is 19.6. The molecular formula is C28H34ClFN2O3S. The van der Waals surface area contributed by atoms with Crippen LogP contribution in [0.2, 0.25) is 5.02 Å². The number of methoxy groups -OCH3 is 1. The zero-order valence-corrected chi connectivity index (χ0v) is 22.2. The van der Waals surface area contributed by atoms with Gasteiger partial charge in [0.05, 0.1) is 17.6 Å². The highest BCUT2D eigenvalue weighted by Crippen LogP contribution is 2.36. The number of carboxylic acid groups (broad SMARTS) is 1. The van der Waals surface area contributed by atoms with E-state index in [2.05, 4.69) is 9.88 Å². The lowest BCUT2D eigenvalue weighted by Gasteiger charge is -2.38. The SMILES string of the molecule is COc1ccc2nccc([C@H](F)CC[C@@H]3CCN(CCCCc4sccc4Cl)C[C@@H]3CC(=O)O)c2c1. The number of hydrogen-bond donors (Lipinski definition) is 1. The summed E-state index contributed by atoms with van der Waals surface area (Å²) in [6.45, 7) is 2.67. The van der Waals surface area contributed by atoms with Gasteiger partial charge in [0.1, 0.15) is 11.9 Å². The average molecular weight is 533 g/mol. The Labute approximate surface area is 221 Å². The second-order valence-corrected chi connectivity index (χ2v) is 11.1. The number of nitrogens with zero attached hydrogens (tertiary/aromatic N) is 2. The summed E-state index contributed by atoms with van der Waals surface area (Å²) in [5, 5.41) is 13.2. The van der Waals surface area contributed by atoms with Crippen LogP contribution in [0.3, 0.4) is 0 Å². The number of halogens is 2. The van der Waals surface area contributed by atoms with Crippen molar-refractivity contribution in [3.05, 3.63) is 57.4 Å². The fraction of sp³-hybridized carbons (Fsp3) is 0.500. The number of carbonyl (C=O) groups is 1. The number of piperidine rings is 1. The normalized spacial score (nSPS) is 19.4. The molecule has 3 aromatic rings. The van der Waals surface area contributed by atoms with Gasteiger partial charge in [-0.3, -0.25) is 9.78 Å². The fourth-order valence-corrected chi connectivity index (χ4v) is 6.56. The standard InChI is InChI=1S/C28H34ClFN2O3S/c1-35-21-6-8-26-23(17-21)22(9-12-31-26)25(30)7-5-19-10-14-32(18-20(19)16-28(33)34)13-3-2-4-27-24(29)11-15-36-27/h6,8-9,11-12,15,17,19-20,25H,2-5,7,10,13-14,16,18H2,1H3,(H,33,34)/t19-,20+,25-/m1/s1. The van der Waals surface area contributed by atoms with E-state index in [0.717, 1.165) is 61.2 Å². The van der Waals surface area contributed by atoms with Crippen molar-refractivity contribution < 1.29 is 19.0 Å². The minimum atomic E-state index is -1.13. The first-order valence-corrected chi connectivity index (χ1v) is 13.9. The number of carboxylic acids is 1. The van der Waals surface area contributed by atoms with Gasteiger partial charge in [0.25, 0.3) is 0 Å². The van der Waals surface area contributed by atoms with Gasteiger partial charge in [0.15, 0.2) is 0 Å². The van der Waals surface area contributed by atoms with E-state index in [0.29, 0.717) is 24.2 Å². The van der Waals surface area contributed by atoms with Gasteiger partial charge in [-0.15, -0.1) is 11.3 Å². The second kappa shape index (κ2) is 12.8. The van der Waals surface area contributed by atoms with E-state index in [1.54, 1.807) is 30.7 Å². The molecule has 0 bridgehead atoms. The first-order chi connectivity index (χ1) is 17.4. The first-order valence-electron chi connectivity index (χ1n) is 12.7. The molecule has 194 valence electrons. The van der Waals surface area contributed by atoms with Crippen LogP contribution in [0.25, 0.3) is 10.9 Å². The molecule has 8 heteroatoms. The molecule has 1 aliphatic rings. The molecule has 5 nitrogen and oxygen atoms in total. The van der Waals surface area contributed by atoms with Crippen molar-refractivity contribution in [2.24, 2.45) is 11.8 Å². The summed E-state index contributed by atoms with van der Waals surface area (Å²) >= 11 is 7.89. The maximum Gasteiger partial charge on any atom is 0.303 e. The number of thiophene rings is 1. The number of unbranched alkanes of at least 4 members (excludes halogenated alkanes) is 1. The van der Waals surface area contributed by atoms with Crippen LogP contribution in [0.5, 0.6) is 5.75 Å². The van der Waals surface area contributed by atoms with E-state index in [4.69, 9.17) is 16.3 Å². The third kappa shape index (κ3) is 6.96. The minimum Gasteiger partial charge on any atom is -0.497 e. The van der Waals surface area contributed by atoms with Gasteiger partial charge in [0, 0.05) is 29.4 Å². The van der Waals surface area contributed by atoms with E-state index in [9.17, 15) is 9.90 Å². The van der Waals surface area contributed by atoms with Gasteiger partial charge in [0.2, 0.25) is 0 Å². The first kappa shape index (κ1) is 26.8. The van der Waals surface area contributed by atoms with Crippen molar-refractivity contribution in [2.45, 2.75) is 51.1 Å². The van der Waals surface area contributed by atoms with E-state index in [-0.39, 0.29) is 18.3 Å². The molecular weight excluding hydrogens is 499 g/mol. The topological polar surface area (TPSA) is 62.7 Å². The Morgan fingerprint density at radius 3 is 2.92 bits per heavy atom. The number of aliphatic carboxylic acids is 1. The molecule has 3 atom stereocenters. The number of aromatic nitrogens is 1. The van der Waals surface area contributed by atoms with Crippen LogP contribution in [0, 0.1) is 11.8 Å².